The number of benzene rings is 3. The normalized spacial score (nSPS) is 11.5. The van der Waals surface area contributed by atoms with Gasteiger partial charge in [-0.1, -0.05) is 60.7 Å². The average Bonchev–Trinajstić information content (AvgIpc) is 2.80. The molecule has 1 heterocycles. The molecule has 0 saturated carbocycles. The van der Waals surface area contributed by atoms with Gasteiger partial charge in [-0.15, -0.1) is 12.4 Å². The number of aromatic nitrogens is 2. The van der Waals surface area contributed by atoms with Crippen LogP contribution >= 0.6 is 12.4 Å². The van der Waals surface area contributed by atoms with Crippen molar-refractivity contribution in [1.82, 2.24) is 10.2 Å². The van der Waals surface area contributed by atoms with E-state index in [9.17, 15) is 14.0 Å². The molecule has 4 N–H and O–H groups in total. The van der Waals surface area contributed by atoms with Crippen molar-refractivity contribution < 1.29 is 9.18 Å². The van der Waals surface area contributed by atoms with E-state index < -0.39 is 23.3 Å². The van der Waals surface area contributed by atoms with Crippen molar-refractivity contribution in [2.75, 3.05) is 5.32 Å². The zero-order chi connectivity index (χ0) is 22.5. The first-order valence-corrected chi connectivity index (χ1v) is 10.0. The smallest absolute Gasteiger partial charge is 0.264 e. The molecule has 1 unspecified atom stereocenters. The molecule has 33 heavy (non-hydrogen) atoms. The van der Waals surface area contributed by atoms with Gasteiger partial charge in [0.1, 0.15) is 5.82 Å². The standard InChI is InChI=1S/C25H21FN4O2.ClH/c26-21-14-19(11-12-20(21)18-13-22(31)30-28-15-18)29-25(32)24(27)23(16-7-3-1-4-8-16)17-9-5-2-6-10-17;/h1-15,23-24H,27H2,(H,29,32)(H,30,31);1H. The van der Waals surface area contributed by atoms with Crippen molar-refractivity contribution in [3.8, 4) is 11.1 Å². The number of nitrogens with zero attached hydrogens (tertiary/aromatic N) is 1. The average molecular weight is 465 g/mol. The summed E-state index contributed by atoms with van der Waals surface area (Å²) in [6.07, 6.45) is 1.36. The number of anilines is 1. The molecule has 0 saturated heterocycles. The van der Waals surface area contributed by atoms with Crippen LogP contribution in [0.4, 0.5) is 10.1 Å². The Labute approximate surface area is 196 Å². The summed E-state index contributed by atoms with van der Waals surface area (Å²) in [7, 11) is 0. The van der Waals surface area contributed by atoms with E-state index in [1.165, 1.54) is 24.4 Å². The van der Waals surface area contributed by atoms with E-state index in [-0.39, 0.29) is 29.6 Å². The first-order valence-electron chi connectivity index (χ1n) is 10.0. The van der Waals surface area contributed by atoms with Gasteiger partial charge in [-0.2, -0.15) is 5.10 Å². The van der Waals surface area contributed by atoms with Crippen LogP contribution in [-0.2, 0) is 4.79 Å². The van der Waals surface area contributed by atoms with Crippen LogP contribution in [0.5, 0.6) is 0 Å². The number of aromatic amines is 1. The van der Waals surface area contributed by atoms with Crippen LogP contribution in [0.3, 0.4) is 0 Å². The number of hydrogen-bond donors (Lipinski definition) is 3. The van der Waals surface area contributed by atoms with E-state index in [4.69, 9.17) is 5.73 Å². The maximum absolute atomic E-state index is 14.7. The number of H-pyrrole nitrogens is 1. The lowest BCUT2D eigenvalue weighted by atomic mass is 9.85. The Hall–Kier alpha value is -3.81. The third-order valence-corrected chi connectivity index (χ3v) is 5.19. The summed E-state index contributed by atoms with van der Waals surface area (Å²) in [5, 5.41) is 8.64. The lowest BCUT2D eigenvalue weighted by Gasteiger charge is -2.24. The number of halogens is 2. The van der Waals surface area contributed by atoms with Gasteiger partial charge in [-0.05, 0) is 29.3 Å². The molecule has 0 radical (unpaired) electrons. The quantitative estimate of drug-likeness (QED) is 0.400. The van der Waals surface area contributed by atoms with E-state index in [2.05, 4.69) is 15.5 Å². The molecule has 1 amide bonds. The summed E-state index contributed by atoms with van der Waals surface area (Å²) >= 11 is 0. The van der Waals surface area contributed by atoms with Gasteiger partial charge >= 0.3 is 0 Å². The summed E-state index contributed by atoms with van der Waals surface area (Å²) in [6.45, 7) is 0. The Morgan fingerprint density at radius 1 is 0.939 bits per heavy atom. The fourth-order valence-corrected chi connectivity index (χ4v) is 3.66. The second-order valence-corrected chi connectivity index (χ2v) is 7.34. The van der Waals surface area contributed by atoms with E-state index in [0.29, 0.717) is 5.56 Å². The molecule has 0 aliphatic rings. The Bertz CT molecular complexity index is 1240. The summed E-state index contributed by atoms with van der Waals surface area (Å²) in [5.41, 5.74) is 8.59. The van der Waals surface area contributed by atoms with Gasteiger partial charge < -0.3 is 11.1 Å². The predicted molar refractivity (Wildman–Crippen MR) is 129 cm³/mol. The van der Waals surface area contributed by atoms with E-state index in [1.807, 2.05) is 60.7 Å². The zero-order valence-corrected chi connectivity index (χ0v) is 18.3. The van der Waals surface area contributed by atoms with Crippen LogP contribution in [0.15, 0.2) is 95.9 Å². The van der Waals surface area contributed by atoms with E-state index >= 15 is 0 Å². The van der Waals surface area contributed by atoms with Crippen LogP contribution in [0.1, 0.15) is 17.0 Å². The van der Waals surface area contributed by atoms with Crippen LogP contribution in [0, 0.1) is 5.82 Å². The highest BCUT2D eigenvalue weighted by Crippen LogP contribution is 2.28. The minimum Gasteiger partial charge on any atom is -0.325 e. The van der Waals surface area contributed by atoms with Gasteiger partial charge in [0.2, 0.25) is 5.91 Å². The maximum Gasteiger partial charge on any atom is 0.264 e. The van der Waals surface area contributed by atoms with Crippen LogP contribution in [0.2, 0.25) is 0 Å². The van der Waals surface area contributed by atoms with Crippen molar-refractivity contribution in [1.29, 1.82) is 0 Å². The van der Waals surface area contributed by atoms with Crippen molar-refractivity contribution in [3.63, 3.8) is 0 Å². The number of nitrogens with two attached hydrogens (primary N) is 1. The van der Waals surface area contributed by atoms with E-state index in [0.717, 1.165) is 11.1 Å². The molecule has 1 atom stereocenters. The molecule has 0 aliphatic heterocycles. The molecule has 4 rings (SSSR count). The molecular formula is C25H22ClFN4O2. The number of nitrogens with one attached hydrogen (secondary N) is 2. The number of carbonyl (C=O) groups is 1. The van der Waals surface area contributed by atoms with Crippen LogP contribution in [0.25, 0.3) is 11.1 Å². The Morgan fingerprint density at radius 2 is 1.55 bits per heavy atom. The molecular weight excluding hydrogens is 443 g/mol. The number of amides is 1. The molecule has 168 valence electrons. The highest BCUT2D eigenvalue weighted by molar-refractivity contribution is 5.96. The highest BCUT2D eigenvalue weighted by Gasteiger charge is 2.28. The van der Waals surface area contributed by atoms with Gasteiger partial charge in [-0.3, -0.25) is 9.59 Å². The Morgan fingerprint density at radius 3 is 2.09 bits per heavy atom. The molecule has 1 aromatic heterocycles. The largest absolute Gasteiger partial charge is 0.325 e. The Balaban J connectivity index is 0.00000306. The van der Waals surface area contributed by atoms with Gasteiger partial charge in [0.25, 0.3) is 5.56 Å². The SMILES string of the molecule is Cl.NC(C(=O)Nc1ccc(-c2cn[nH]c(=O)c2)c(F)c1)C(c1ccccc1)c1ccccc1. The van der Waals surface area contributed by atoms with Crippen LogP contribution < -0.4 is 16.6 Å². The van der Waals surface area contributed by atoms with E-state index in [1.54, 1.807) is 6.07 Å². The summed E-state index contributed by atoms with van der Waals surface area (Å²) < 4.78 is 14.7. The molecule has 6 nitrogen and oxygen atoms in total. The molecule has 4 aromatic rings. The predicted octanol–water partition coefficient (Wildman–Crippen LogP) is 4.10. The van der Waals surface area contributed by atoms with Crippen molar-refractivity contribution >= 4 is 24.0 Å². The second-order valence-electron chi connectivity index (χ2n) is 7.34. The first-order chi connectivity index (χ1) is 15.5. The fraction of sp³-hybridized carbons (Fsp3) is 0.0800. The molecule has 0 fully saturated rings. The molecule has 0 bridgehead atoms. The van der Waals surface area contributed by atoms with Gasteiger partial charge in [0, 0.05) is 28.8 Å². The number of rotatable bonds is 6. The van der Waals surface area contributed by atoms with Crippen molar-refractivity contribution in [2.24, 2.45) is 5.73 Å². The summed E-state index contributed by atoms with van der Waals surface area (Å²) in [6, 6.07) is 23.7. The van der Waals surface area contributed by atoms with Crippen LogP contribution in [-0.4, -0.2) is 22.1 Å². The van der Waals surface area contributed by atoms with Gasteiger partial charge in [0.05, 0.1) is 12.2 Å². The lowest BCUT2D eigenvalue weighted by molar-refractivity contribution is -0.117. The Kier molecular flexibility index (Phi) is 7.71. The summed E-state index contributed by atoms with van der Waals surface area (Å²) in [4.78, 5) is 24.4. The third-order valence-electron chi connectivity index (χ3n) is 5.19. The van der Waals surface area contributed by atoms with Crippen molar-refractivity contribution in [3.05, 3.63) is 118 Å². The van der Waals surface area contributed by atoms with Crippen molar-refractivity contribution in [2.45, 2.75) is 12.0 Å². The molecule has 3 aromatic carbocycles. The maximum atomic E-state index is 14.7. The van der Waals surface area contributed by atoms with Gasteiger partial charge in [-0.25, -0.2) is 9.49 Å². The van der Waals surface area contributed by atoms with Gasteiger partial charge in [0.15, 0.2) is 0 Å². The lowest BCUT2D eigenvalue weighted by Crippen LogP contribution is -2.41. The highest BCUT2D eigenvalue weighted by atomic mass is 35.5. The fourth-order valence-electron chi connectivity index (χ4n) is 3.66. The molecule has 8 heteroatoms. The number of carbonyl (C=O) groups excluding carboxylic acids is 1. The number of hydrogen-bond acceptors (Lipinski definition) is 4. The molecule has 0 spiro atoms. The second kappa shape index (κ2) is 10.7. The summed E-state index contributed by atoms with van der Waals surface area (Å²) in [5.74, 6) is -1.40. The monoisotopic (exact) mass is 464 g/mol. The third kappa shape index (κ3) is 5.52. The zero-order valence-electron chi connectivity index (χ0n) is 17.4. The first kappa shape index (κ1) is 23.8. The molecule has 0 aliphatic carbocycles. The topological polar surface area (TPSA) is 101 Å². The minimum atomic E-state index is -0.903. The minimum absolute atomic E-state index is 0.